The van der Waals surface area contributed by atoms with Gasteiger partial charge >= 0.3 is 0 Å². The molecule has 3 heteroatoms. The fourth-order valence-electron chi connectivity index (χ4n) is 2.90. The first kappa shape index (κ1) is 15.9. The minimum atomic E-state index is -0.0136. The Morgan fingerprint density at radius 1 is 1.28 bits per heavy atom. The van der Waals surface area contributed by atoms with Gasteiger partial charge in [0.25, 0.3) is 0 Å². The van der Waals surface area contributed by atoms with Crippen LogP contribution in [0.2, 0.25) is 0 Å². The van der Waals surface area contributed by atoms with Crippen molar-refractivity contribution in [3.63, 3.8) is 0 Å². The number of aliphatic hydroxyl groups excluding tert-OH is 1. The normalized spacial score (nSPS) is 25.0. The summed E-state index contributed by atoms with van der Waals surface area (Å²) in [5.41, 5.74) is -0.0136. The molecule has 18 heavy (non-hydrogen) atoms. The third-order valence-electron chi connectivity index (χ3n) is 4.42. The summed E-state index contributed by atoms with van der Waals surface area (Å²) in [5.74, 6) is 0.783. The van der Waals surface area contributed by atoms with Gasteiger partial charge in [0.2, 0.25) is 0 Å². The van der Waals surface area contributed by atoms with Crippen LogP contribution in [-0.2, 0) is 4.74 Å². The Bertz CT molecular complexity index is 211. The quantitative estimate of drug-likeness (QED) is 0.725. The first-order valence-electron chi connectivity index (χ1n) is 7.60. The third kappa shape index (κ3) is 4.52. The lowest BCUT2D eigenvalue weighted by Gasteiger charge is -2.40. The Hall–Kier alpha value is -0.120. The molecule has 0 radical (unpaired) electrons. The van der Waals surface area contributed by atoms with Crippen molar-refractivity contribution >= 4 is 0 Å². The molecule has 1 unspecified atom stereocenters. The minimum absolute atomic E-state index is 0.0136. The lowest BCUT2D eigenvalue weighted by atomic mass is 9.82. The summed E-state index contributed by atoms with van der Waals surface area (Å²) in [6.45, 7) is 11.8. The number of aliphatic hydroxyl groups is 1. The van der Waals surface area contributed by atoms with Crippen molar-refractivity contribution in [3.05, 3.63) is 0 Å². The topological polar surface area (TPSA) is 32.7 Å². The number of hydrogen-bond acceptors (Lipinski definition) is 3. The highest BCUT2D eigenvalue weighted by Crippen LogP contribution is 2.29. The smallest absolute Gasteiger partial charge is 0.0556 e. The fraction of sp³-hybridized carbons (Fsp3) is 1.00. The Balaban J connectivity index is 2.53. The van der Waals surface area contributed by atoms with E-state index < -0.39 is 0 Å². The number of hydrogen-bond donors (Lipinski definition) is 1. The van der Waals surface area contributed by atoms with Gasteiger partial charge in [0, 0.05) is 25.1 Å². The molecule has 1 saturated heterocycles. The van der Waals surface area contributed by atoms with Gasteiger partial charge in [-0.1, -0.05) is 33.6 Å². The molecule has 1 rings (SSSR count). The van der Waals surface area contributed by atoms with E-state index in [-0.39, 0.29) is 12.0 Å². The highest BCUT2D eigenvalue weighted by atomic mass is 16.5. The van der Waals surface area contributed by atoms with E-state index in [4.69, 9.17) is 4.74 Å². The van der Waals surface area contributed by atoms with Crippen LogP contribution in [0, 0.1) is 11.3 Å². The zero-order chi connectivity index (χ0) is 13.4. The van der Waals surface area contributed by atoms with Crippen LogP contribution in [-0.4, -0.2) is 49.5 Å². The van der Waals surface area contributed by atoms with Gasteiger partial charge < -0.3 is 14.7 Å². The van der Waals surface area contributed by atoms with E-state index in [9.17, 15) is 5.11 Å². The molecular formula is C15H31NO2. The predicted octanol–water partition coefficient (Wildman–Crippen LogP) is 2.53. The molecule has 0 amide bonds. The Morgan fingerprint density at radius 3 is 2.44 bits per heavy atom. The van der Waals surface area contributed by atoms with E-state index in [1.54, 1.807) is 0 Å². The van der Waals surface area contributed by atoms with E-state index in [1.165, 1.54) is 12.8 Å². The van der Waals surface area contributed by atoms with E-state index >= 15 is 0 Å². The molecule has 1 heterocycles. The van der Waals surface area contributed by atoms with Crippen LogP contribution in [0.1, 0.15) is 46.5 Å². The highest BCUT2D eigenvalue weighted by Gasteiger charge is 2.34. The maximum absolute atomic E-state index is 9.73. The largest absolute Gasteiger partial charge is 0.396 e. The average molecular weight is 257 g/mol. The summed E-state index contributed by atoms with van der Waals surface area (Å²) in [6, 6.07) is 0. The highest BCUT2D eigenvalue weighted by molar-refractivity contribution is 4.85. The first-order chi connectivity index (χ1) is 8.69. The van der Waals surface area contributed by atoms with Crippen molar-refractivity contribution in [1.29, 1.82) is 0 Å². The van der Waals surface area contributed by atoms with E-state index in [2.05, 4.69) is 25.7 Å². The van der Waals surface area contributed by atoms with Gasteiger partial charge in [-0.05, 0) is 25.3 Å². The lowest BCUT2D eigenvalue weighted by Crippen LogP contribution is -2.46. The second-order valence-corrected chi connectivity index (χ2v) is 5.82. The summed E-state index contributed by atoms with van der Waals surface area (Å²) in [4.78, 5) is 2.50. The SMILES string of the molecule is CCC(CC)CN(CC)CC1(CO)CCCOC1. The first-order valence-corrected chi connectivity index (χ1v) is 7.60. The average Bonchev–Trinajstić information content (AvgIpc) is 2.44. The van der Waals surface area contributed by atoms with Crippen LogP contribution >= 0.6 is 0 Å². The molecule has 1 aliphatic rings. The Kier molecular flexibility index (Phi) is 7.20. The standard InChI is InChI=1S/C15H31NO2/c1-4-14(5-2)10-16(6-3)11-15(12-17)8-7-9-18-13-15/h14,17H,4-13H2,1-3H3. The molecule has 0 aliphatic carbocycles. The van der Waals surface area contributed by atoms with Crippen molar-refractivity contribution in [3.8, 4) is 0 Å². The molecule has 108 valence electrons. The molecule has 0 bridgehead atoms. The molecule has 1 atom stereocenters. The van der Waals surface area contributed by atoms with E-state index in [0.29, 0.717) is 0 Å². The van der Waals surface area contributed by atoms with Crippen LogP contribution in [0.4, 0.5) is 0 Å². The van der Waals surface area contributed by atoms with Gasteiger partial charge in [0.05, 0.1) is 13.2 Å². The maximum atomic E-state index is 9.73. The zero-order valence-electron chi connectivity index (χ0n) is 12.5. The van der Waals surface area contributed by atoms with Crippen LogP contribution in [0.3, 0.4) is 0 Å². The second-order valence-electron chi connectivity index (χ2n) is 5.82. The van der Waals surface area contributed by atoms with Crippen molar-refractivity contribution < 1.29 is 9.84 Å². The van der Waals surface area contributed by atoms with Crippen LogP contribution in [0.5, 0.6) is 0 Å². The number of ether oxygens (including phenoxy) is 1. The second kappa shape index (κ2) is 8.13. The van der Waals surface area contributed by atoms with E-state index in [1.807, 2.05) is 0 Å². The van der Waals surface area contributed by atoms with E-state index in [0.717, 1.165) is 51.6 Å². The molecule has 3 nitrogen and oxygen atoms in total. The molecule has 0 aromatic rings. The minimum Gasteiger partial charge on any atom is -0.396 e. The zero-order valence-corrected chi connectivity index (χ0v) is 12.5. The fourth-order valence-corrected chi connectivity index (χ4v) is 2.90. The van der Waals surface area contributed by atoms with Crippen LogP contribution < -0.4 is 0 Å². The van der Waals surface area contributed by atoms with Crippen LogP contribution in [0.15, 0.2) is 0 Å². The molecule has 0 saturated carbocycles. The summed E-state index contributed by atoms with van der Waals surface area (Å²) in [7, 11) is 0. The lowest BCUT2D eigenvalue weighted by molar-refractivity contribution is -0.0564. The summed E-state index contributed by atoms with van der Waals surface area (Å²) >= 11 is 0. The number of rotatable bonds is 8. The Labute approximate surface area is 113 Å². The maximum Gasteiger partial charge on any atom is 0.0556 e. The molecule has 0 spiro atoms. The summed E-state index contributed by atoms with van der Waals surface area (Å²) in [5, 5.41) is 9.73. The molecule has 0 aromatic heterocycles. The molecular weight excluding hydrogens is 226 g/mol. The molecule has 1 N–H and O–H groups in total. The monoisotopic (exact) mass is 257 g/mol. The summed E-state index contributed by atoms with van der Waals surface area (Å²) in [6.07, 6.45) is 4.68. The molecule has 1 aliphatic heterocycles. The van der Waals surface area contributed by atoms with Crippen molar-refractivity contribution in [2.45, 2.75) is 46.5 Å². The van der Waals surface area contributed by atoms with Crippen molar-refractivity contribution in [1.82, 2.24) is 4.90 Å². The van der Waals surface area contributed by atoms with Crippen molar-refractivity contribution in [2.24, 2.45) is 11.3 Å². The van der Waals surface area contributed by atoms with Gasteiger partial charge in [-0.25, -0.2) is 0 Å². The van der Waals surface area contributed by atoms with Gasteiger partial charge in [-0.15, -0.1) is 0 Å². The van der Waals surface area contributed by atoms with Gasteiger partial charge in [0.15, 0.2) is 0 Å². The number of nitrogens with zero attached hydrogens (tertiary/aromatic N) is 1. The Morgan fingerprint density at radius 2 is 2.00 bits per heavy atom. The predicted molar refractivity (Wildman–Crippen MR) is 75.8 cm³/mol. The molecule has 1 fully saturated rings. The van der Waals surface area contributed by atoms with Crippen molar-refractivity contribution in [2.75, 3.05) is 39.5 Å². The third-order valence-corrected chi connectivity index (χ3v) is 4.42. The summed E-state index contributed by atoms with van der Waals surface area (Å²) < 4.78 is 5.59. The van der Waals surface area contributed by atoms with Gasteiger partial charge in [0.1, 0.15) is 0 Å². The van der Waals surface area contributed by atoms with Gasteiger partial charge in [-0.2, -0.15) is 0 Å². The van der Waals surface area contributed by atoms with Crippen LogP contribution in [0.25, 0.3) is 0 Å². The molecule has 0 aromatic carbocycles. The van der Waals surface area contributed by atoms with Gasteiger partial charge in [-0.3, -0.25) is 0 Å².